The van der Waals surface area contributed by atoms with Crippen LogP contribution in [0.5, 0.6) is 5.75 Å². The van der Waals surface area contributed by atoms with Crippen LogP contribution >= 0.6 is 24.0 Å². The van der Waals surface area contributed by atoms with Gasteiger partial charge in [0.15, 0.2) is 5.96 Å². The Morgan fingerprint density at radius 2 is 1.88 bits per heavy atom. The molecule has 32 heavy (non-hydrogen) atoms. The highest BCUT2D eigenvalue weighted by molar-refractivity contribution is 14.0. The van der Waals surface area contributed by atoms with Crippen LogP contribution in [-0.4, -0.2) is 50.5 Å². The van der Waals surface area contributed by atoms with Gasteiger partial charge in [0.1, 0.15) is 17.1 Å². The number of aliphatic hydroxyl groups is 1. The molecule has 2 aromatic rings. The van der Waals surface area contributed by atoms with Gasteiger partial charge in [0.05, 0.1) is 19.4 Å². The highest BCUT2D eigenvalue weighted by Crippen LogP contribution is 2.35. The molecule has 1 atom stereocenters. The third kappa shape index (κ3) is 6.86. The minimum Gasteiger partial charge on any atom is -0.494 e. The van der Waals surface area contributed by atoms with Crippen LogP contribution in [0.2, 0.25) is 0 Å². The first kappa shape index (κ1) is 26.5. The third-order valence-electron chi connectivity index (χ3n) is 5.76. The largest absolute Gasteiger partial charge is 0.494 e. The maximum atomic E-state index is 10.7. The molecule has 8 heteroatoms. The Balaban J connectivity index is 0.00000363. The van der Waals surface area contributed by atoms with E-state index >= 15 is 0 Å². The fraction of sp³-hybridized carbons (Fsp3) is 0.542. The molecule has 1 unspecified atom stereocenters. The second-order valence-electron chi connectivity index (χ2n) is 8.15. The van der Waals surface area contributed by atoms with Crippen LogP contribution in [0.15, 0.2) is 52.1 Å². The Morgan fingerprint density at radius 1 is 1.16 bits per heavy atom. The summed E-state index contributed by atoms with van der Waals surface area (Å²) in [5.41, 5.74) is 0.0465. The number of rotatable bonds is 9. The van der Waals surface area contributed by atoms with Gasteiger partial charge in [-0.1, -0.05) is 12.1 Å². The van der Waals surface area contributed by atoms with Crippen molar-refractivity contribution in [3.63, 3.8) is 0 Å². The number of hydrogen-bond acceptors (Lipinski definition) is 5. The summed E-state index contributed by atoms with van der Waals surface area (Å²) >= 11 is 0. The zero-order valence-corrected chi connectivity index (χ0v) is 21.6. The number of benzene rings is 1. The van der Waals surface area contributed by atoms with Crippen molar-refractivity contribution >= 4 is 29.9 Å². The maximum absolute atomic E-state index is 10.7. The SMILES string of the molecule is CCNC(=NCC(C)(O)c1ccco1)NCC1(c2ccc(OCC)cc2)CCOCC1.I. The van der Waals surface area contributed by atoms with Crippen LogP contribution in [0, 0.1) is 0 Å². The number of halogens is 1. The minimum atomic E-state index is -1.17. The van der Waals surface area contributed by atoms with Gasteiger partial charge >= 0.3 is 0 Å². The van der Waals surface area contributed by atoms with E-state index in [1.54, 1.807) is 25.3 Å². The molecular weight excluding hydrogens is 521 g/mol. The molecule has 1 saturated heterocycles. The average molecular weight is 557 g/mol. The van der Waals surface area contributed by atoms with Crippen molar-refractivity contribution in [1.82, 2.24) is 10.6 Å². The van der Waals surface area contributed by atoms with Crippen LogP contribution in [0.1, 0.15) is 44.9 Å². The number of nitrogens with one attached hydrogen (secondary N) is 2. The van der Waals surface area contributed by atoms with Gasteiger partial charge in [-0.25, -0.2) is 4.99 Å². The Kier molecular flexibility index (Phi) is 10.3. The number of ether oxygens (including phenoxy) is 2. The summed E-state index contributed by atoms with van der Waals surface area (Å²) in [5.74, 6) is 2.06. The molecule has 0 spiro atoms. The molecule has 1 aromatic heterocycles. The summed E-state index contributed by atoms with van der Waals surface area (Å²) < 4.78 is 16.6. The third-order valence-corrected chi connectivity index (χ3v) is 5.76. The molecule has 0 radical (unpaired) electrons. The molecule has 3 rings (SSSR count). The first-order valence-electron chi connectivity index (χ1n) is 11.1. The molecule has 7 nitrogen and oxygen atoms in total. The molecule has 0 saturated carbocycles. The van der Waals surface area contributed by atoms with Crippen LogP contribution in [0.4, 0.5) is 0 Å². The van der Waals surface area contributed by atoms with E-state index in [9.17, 15) is 5.11 Å². The Labute approximate surface area is 208 Å². The van der Waals surface area contributed by atoms with Crippen molar-refractivity contribution < 1.29 is 19.0 Å². The lowest BCUT2D eigenvalue weighted by molar-refractivity contribution is 0.0435. The average Bonchev–Trinajstić information content (AvgIpc) is 3.33. The van der Waals surface area contributed by atoms with Crippen LogP contribution in [-0.2, 0) is 15.8 Å². The predicted octanol–water partition coefficient (Wildman–Crippen LogP) is 3.81. The topological polar surface area (TPSA) is 88.3 Å². The number of nitrogens with zero attached hydrogens (tertiary/aromatic N) is 1. The summed E-state index contributed by atoms with van der Waals surface area (Å²) in [6.07, 6.45) is 3.41. The lowest BCUT2D eigenvalue weighted by Gasteiger charge is -2.38. The lowest BCUT2D eigenvalue weighted by atomic mass is 9.74. The Bertz CT molecular complexity index is 816. The van der Waals surface area contributed by atoms with Gasteiger partial charge < -0.3 is 29.6 Å². The molecular formula is C24H36IN3O4. The molecule has 1 aliphatic rings. The van der Waals surface area contributed by atoms with Crippen molar-refractivity contribution in [3.8, 4) is 5.75 Å². The van der Waals surface area contributed by atoms with E-state index < -0.39 is 5.60 Å². The van der Waals surface area contributed by atoms with E-state index in [0.717, 1.165) is 44.9 Å². The zero-order valence-electron chi connectivity index (χ0n) is 19.2. The maximum Gasteiger partial charge on any atom is 0.191 e. The van der Waals surface area contributed by atoms with Crippen molar-refractivity contribution in [3.05, 3.63) is 54.0 Å². The van der Waals surface area contributed by atoms with Gasteiger partial charge in [-0.2, -0.15) is 0 Å². The fourth-order valence-corrected chi connectivity index (χ4v) is 3.89. The molecule has 1 fully saturated rings. The predicted molar refractivity (Wildman–Crippen MR) is 137 cm³/mol. The first-order valence-corrected chi connectivity index (χ1v) is 11.1. The van der Waals surface area contributed by atoms with E-state index in [1.165, 1.54) is 5.56 Å². The number of aliphatic imine (C=N–C) groups is 1. The monoisotopic (exact) mass is 557 g/mol. The quantitative estimate of drug-likeness (QED) is 0.247. The molecule has 0 amide bonds. The van der Waals surface area contributed by atoms with E-state index in [0.29, 0.717) is 18.3 Å². The van der Waals surface area contributed by atoms with Gasteiger partial charge in [-0.15, -0.1) is 24.0 Å². The normalized spacial score (nSPS) is 17.7. The van der Waals surface area contributed by atoms with Gasteiger partial charge in [0.25, 0.3) is 0 Å². The van der Waals surface area contributed by atoms with E-state index in [2.05, 4.69) is 27.8 Å². The molecule has 3 N–H and O–H groups in total. The van der Waals surface area contributed by atoms with Gasteiger partial charge in [0, 0.05) is 31.7 Å². The highest BCUT2D eigenvalue weighted by Gasteiger charge is 2.35. The summed E-state index contributed by atoms with van der Waals surface area (Å²) in [6.45, 7) is 9.48. The second kappa shape index (κ2) is 12.5. The Morgan fingerprint density at radius 3 is 2.47 bits per heavy atom. The molecule has 178 valence electrons. The lowest BCUT2D eigenvalue weighted by Crippen LogP contribution is -2.48. The molecule has 1 aliphatic heterocycles. The number of guanidine groups is 1. The van der Waals surface area contributed by atoms with E-state index in [4.69, 9.17) is 13.9 Å². The van der Waals surface area contributed by atoms with Crippen molar-refractivity contribution in [2.75, 3.05) is 39.5 Å². The van der Waals surface area contributed by atoms with E-state index in [1.807, 2.05) is 26.0 Å². The first-order chi connectivity index (χ1) is 15.0. The molecule has 0 bridgehead atoms. The molecule has 0 aliphatic carbocycles. The summed E-state index contributed by atoms with van der Waals surface area (Å²) in [7, 11) is 0. The summed E-state index contributed by atoms with van der Waals surface area (Å²) in [5, 5.41) is 17.5. The van der Waals surface area contributed by atoms with Crippen LogP contribution in [0.3, 0.4) is 0 Å². The second-order valence-corrected chi connectivity index (χ2v) is 8.15. The van der Waals surface area contributed by atoms with Crippen molar-refractivity contribution in [2.24, 2.45) is 4.99 Å². The Hall–Kier alpha value is -1.78. The number of hydrogen-bond donors (Lipinski definition) is 3. The fourth-order valence-electron chi connectivity index (χ4n) is 3.89. The van der Waals surface area contributed by atoms with Crippen molar-refractivity contribution in [2.45, 2.75) is 44.6 Å². The van der Waals surface area contributed by atoms with Crippen molar-refractivity contribution in [1.29, 1.82) is 0 Å². The minimum absolute atomic E-state index is 0. The summed E-state index contributed by atoms with van der Waals surface area (Å²) in [4.78, 5) is 4.62. The van der Waals surface area contributed by atoms with Crippen LogP contribution in [0.25, 0.3) is 0 Å². The highest BCUT2D eigenvalue weighted by atomic mass is 127. The number of furan rings is 1. The molecule has 2 heterocycles. The summed E-state index contributed by atoms with van der Waals surface area (Å²) in [6, 6.07) is 11.9. The van der Waals surface area contributed by atoms with Gasteiger partial charge in [-0.3, -0.25) is 0 Å². The van der Waals surface area contributed by atoms with Crippen LogP contribution < -0.4 is 15.4 Å². The van der Waals surface area contributed by atoms with Gasteiger partial charge in [-0.05, 0) is 63.4 Å². The van der Waals surface area contributed by atoms with Gasteiger partial charge in [0.2, 0.25) is 0 Å². The zero-order chi connectivity index (χ0) is 22.2. The smallest absolute Gasteiger partial charge is 0.191 e. The standard InChI is InChI=1S/C24H35N3O4.HI/c1-4-25-22(26-17-23(3,28)21-7-6-14-31-21)27-18-24(12-15-29-16-13-24)19-8-10-20(11-9-19)30-5-2;/h6-11,14,28H,4-5,12-13,15-18H2,1-3H3,(H2,25,26,27);1H. The molecule has 1 aromatic carbocycles. The van der Waals surface area contributed by atoms with E-state index in [-0.39, 0.29) is 35.9 Å².